The molecule has 3 nitrogen and oxygen atoms in total. The lowest BCUT2D eigenvalue weighted by Crippen LogP contribution is -2.39. The first-order chi connectivity index (χ1) is 8.21. The van der Waals surface area contributed by atoms with Crippen LogP contribution in [0.4, 0.5) is 0 Å². The van der Waals surface area contributed by atoms with E-state index in [0.29, 0.717) is 0 Å². The third kappa shape index (κ3) is 3.84. The molecule has 1 atom stereocenters. The number of likely N-dealkylation sites (N-methyl/N-ethyl adjacent to an activating group) is 1. The number of nitrogens with zero attached hydrogens (tertiary/aromatic N) is 1. The Balaban J connectivity index is 2.73. The number of carbonyl (C=O) groups excluding carboxylic acids is 1. The molecule has 1 rings (SSSR count). The summed E-state index contributed by atoms with van der Waals surface area (Å²) >= 11 is 0. The molecule has 1 amide bonds. The SMILES string of the molecule is C[C@H](C(N)=O)N(C)Cc1ccc(C(C)(C)C)cc1. The highest BCUT2D eigenvalue weighted by atomic mass is 16.1. The fourth-order valence-electron chi connectivity index (χ4n) is 1.75. The predicted molar refractivity (Wildman–Crippen MR) is 75.3 cm³/mol. The minimum atomic E-state index is -0.288. The van der Waals surface area contributed by atoms with E-state index in [1.165, 1.54) is 11.1 Å². The molecule has 0 heterocycles. The van der Waals surface area contributed by atoms with Gasteiger partial charge in [-0.25, -0.2) is 0 Å². The van der Waals surface area contributed by atoms with Crippen LogP contribution in [-0.2, 0) is 16.8 Å². The van der Waals surface area contributed by atoms with Crippen LogP contribution in [0.25, 0.3) is 0 Å². The van der Waals surface area contributed by atoms with Gasteiger partial charge in [0.2, 0.25) is 5.91 Å². The Kier molecular flexibility index (Phi) is 4.52. The molecule has 0 radical (unpaired) electrons. The first-order valence-corrected chi connectivity index (χ1v) is 6.31. The fourth-order valence-corrected chi connectivity index (χ4v) is 1.75. The summed E-state index contributed by atoms with van der Waals surface area (Å²) in [5, 5.41) is 0. The minimum Gasteiger partial charge on any atom is -0.368 e. The Morgan fingerprint density at radius 1 is 1.28 bits per heavy atom. The van der Waals surface area contributed by atoms with E-state index in [9.17, 15) is 4.79 Å². The van der Waals surface area contributed by atoms with Crippen LogP contribution in [-0.4, -0.2) is 23.9 Å². The molecule has 0 aromatic heterocycles. The van der Waals surface area contributed by atoms with Gasteiger partial charge in [-0.2, -0.15) is 0 Å². The highest BCUT2D eigenvalue weighted by Gasteiger charge is 2.16. The second-order valence-corrected chi connectivity index (χ2v) is 5.94. The van der Waals surface area contributed by atoms with Crippen LogP contribution in [0.15, 0.2) is 24.3 Å². The zero-order valence-electron chi connectivity index (χ0n) is 12.0. The van der Waals surface area contributed by atoms with Gasteiger partial charge >= 0.3 is 0 Å². The maximum absolute atomic E-state index is 11.1. The van der Waals surface area contributed by atoms with E-state index in [4.69, 9.17) is 5.73 Å². The van der Waals surface area contributed by atoms with E-state index in [1.807, 2.05) is 18.9 Å². The van der Waals surface area contributed by atoms with Crippen molar-refractivity contribution in [3.05, 3.63) is 35.4 Å². The van der Waals surface area contributed by atoms with Crippen molar-refractivity contribution < 1.29 is 4.79 Å². The summed E-state index contributed by atoms with van der Waals surface area (Å²) in [6.45, 7) is 9.15. The molecule has 0 saturated carbocycles. The van der Waals surface area contributed by atoms with E-state index < -0.39 is 0 Å². The summed E-state index contributed by atoms with van der Waals surface area (Å²) in [4.78, 5) is 13.0. The zero-order valence-corrected chi connectivity index (χ0v) is 12.0. The molecule has 100 valence electrons. The van der Waals surface area contributed by atoms with Crippen LogP contribution in [0.1, 0.15) is 38.8 Å². The summed E-state index contributed by atoms with van der Waals surface area (Å²) in [6.07, 6.45) is 0. The van der Waals surface area contributed by atoms with Gasteiger partial charge < -0.3 is 5.73 Å². The van der Waals surface area contributed by atoms with Gasteiger partial charge in [0.05, 0.1) is 6.04 Å². The highest BCUT2D eigenvalue weighted by molar-refractivity contribution is 5.79. The molecule has 3 heteroatoms. The quantitative estimate of drug-likeness (QED) is 0.888. The van der Waals surface area contributed by atoms with Crippen molar-refractivity contribution >= 4 is 5.91 Å². The van der Waals surface area contributed by atoms with Crippen molar-refractivity contribution in [2.75, 3.05) is 7.05 Å². The number of hydrogen-bond acceptors (Lipinski definition) is 2. The van der Waals surface area contributed by atoms with Gasteiger partial charge in [-0.15, -0.1) is 0 Å². The van der Waals surface area contributed by atoms with E-state index >= 15 is 0 Å². The molecular weight excluding hydrogens is 224 g/mol. The lowest BCUT2D eigenvalue weighted by molar-refractivity contribution is -0.122. The Morgan fingerprint density at radius 2 is 1.78 bits per heavy atom. The number of primary amides is 1. The van der Waals surface area contributed by atoms with E-state index in [-0.39, 0.29) is 17.4 Å². The Bertz CT molecular complexity index is 403. The standard InChI is InChI=1S/C15H24N2O/c1-11(14(16)18)17(5)10-12-6-8-13(9-7-12)15(2,3)4/h6-9,11H,10H2,1-5H3,(H2,16,18)/t11-/m1/s1. The smallest absolute Gasteiger partial charge is 0.234 e. The molecule has 0 aliphatic carbocycles. The lowest BCUT2D eigenvalue weighted by atomic mass is 9.87. The van der Waals surface area contributed by atoms with Crippen molar-refractivity contribution in [2.45, 2.75) is 45.7 Å². The van der Waals surface area contributed by atoms with Crippen LogP contribution in [0, 0.1) is 0 Å². The predicted octanol–water partition coefficient (Wildman–Crippen LogP) is 2.29. The Labute approximate surface area is 110 Å². The summed E-state index contributed by atoms with van der Waals surface area (Å²) in [6, 6.07) is 8.29. The summed E-state index contributed by atoms with van der Waals surface area (Å²) in [5.74, 6) is -0.288. The summed E-state index contributed by atoms with van der Waals surface area (Å²) in [7, 11) is 1.91. The van der Waals surface area contributed by atoms with Crippen molar-refractivity contribution in [3.63, 3.8) is 0 Å². The Morgan fingerprint density at radius 3 is 2.17 bits per heavy atom. The highest BCUT2D eigenvalue weighted by Crippen LogP contribution is 2.22. The molecule has 0 bridgehead atoms. The molecule has 0 unspecified atom stereocenters. The fraction of sp³-hybridized carbons (Fsp3) is 0.533. The van der Waals surface area contributed by atoms with Gasteiger partial charge in [0, 0.05) is 6.54 Å². The van der Waals surface area contributed by atoms with Crippen LogP contribution >= 0.6 is 0 Å². The van der Waals surface area contributed by atoms with Gasteiger partial charge in [0.1, 0.15) is 0 Å². The summed E-state index contributed by atoms with van der Waals surface area (Å²) < 4.78 is 0. The molecule has 1 aromatic rings. The zero-order chi connectivity index (χ0) is 13.9. The van der Waals surface area contributed by atoms with Crippen LogP contribution < -0.4 is 5.73 Å². The molecule has 0 spiro atoms. The average molecular weight is 248 g/mol. The molecular formula is C15H24N2O. The second kappa shape index (κ2) is 5.53. The number of hydrogen-bond donors (Lipinski definition) is 1. The maximum atomic E-state index is 11.1. The lowest BCUT2D eigenvalue weighted by Gasteiger charge is -2.23. The molecule has 1 aromatic carbocycles. The summed E-state index contributed by atoms with van der Waals surface area (Å²) in [5.41, 5.74) is 7.97. The van der Waals surface area contributed by atoms with Gasteiger partial charge in [-0.3, -0.25) is 9.69 Å². The molecule has 2 N–H and O–H groups in total. The monoisotopic (exact) mass is 248 g/mol. The first kappa shape index (κ1) is 14.7. The number of rotatable bonds is 4. The van der Waals surface area contributed by atoms with E-state index in [2.05, 4.69) is 45.0 Å². The number of amides is 1. The molecule has 0 fully saturated rings. The number of nitrogens with two attached hydrogens (primary N) is 1. The first-order valence-electron chi connectivity index (χ1n) is 6.31. The molecule has 0 aliphatic rings. The normalized spacial score (nSPS) is 13.7. The minimum absolute atomic E-state index is 0.172. The van der Waals surface area contributed by atoms with Gasteiger partial charge in [-0.05, 0) is 30.5 Å². The number of benzene rings is 1. The van der Waals surface area contributed by atoms with Crippen LogP contribution in [0.2, 0.25) is 0 Å². The van der Waals surface area contributed by atoms with Crippen molar-refractivity contribution in [3.8, 4) is 0 Å². The van der Waals surface area contributed by atoms with Gasteiger partial charge in [-0.1, -0.05) is 45.0 Å². The van der Waals surface area contributed by atoms with Crippen molar-refractivity contribution in [1.82, 2.24) is 4.90 Å². The third-order valence-electron chi connectivity index (χ3n) is 3.32. The number of carbonyl (C=O) groups is 1. The van der Waals surface area contributed by atoms with Crippen molar-refractivity contribution in [2.24, 2.45) is 5.73 Å². The Hall–Kier alpha value is -1.35. The van der Waals surface area contributed by atoms with Crippen LogP contribution in [0.5, 0.6) is 0 Å². The molecule has 0 saturated heterocycles. The van der Waals surface area contributed by atoms with Gasteiger partial charge in [0.25, 0.3) is 0 Å². The maximum Gasteiger partial charge on any atom is 0.234 e. The molecule has 18 heavy (non-hydrogen) atoms. The topological polar surface area (TPSA) is 46.3 Å². The average Bonchev–Trinajstić information content (AvgIpc) is 2.27. The van der Waals surface area contributed by atoms with Gasteiger partial charge in [0.15, 0.2) is 0 Å². The molecule has 0 aliphatic heterocycles. The van der Waals surface area contributed by atoms with Crippen molar-refractivity contribution in [1.29, 1.82) is 0 Å². The largest absolute Gasteiger partial charge is 0.368 e. The second-order valence-electron chi connectivity index (χ2n) is 5.94. The van der Waals surface area contributed by atoms with E-state index in [1.54, 1.807) is 0 Å². The van der Waals surface area contributed by atoms with E-state index in [0.717, 1.165) is 6.54 Å². The third-order valence-corrected chi connectivity index (χ3v) is 3.32. The van der Waals surface area contributed by atoms with Crippen LogP contribution in [0.3, 0.4) is 0 Å².